The van der Waals surface area contributed by atoms with E-state index in [0.717, 1.165) is 5.56 Å². The smallest absolute Gasteiger partial charge is 0.295 e. The van der Waals surface area contributed by atoms with E-state index in [2.05, 4.69) is 0 Å². The van der Waals surface area contributed by atoms with Gasteiger partial charge in [-0.15, -0.1) is 0 Å². The van der Waals surface area contributed by atoms with Gasteiger partial charge in [0.05, 0.1) is 18.2 Å². The van der Waals surface area contributed by atoms with E-state index in [4.69, 9.17) is 14.2 Å². The van der Waals surface area contributed by atoms with Crippen molar-refractivity contribution < 1.29 is 28.9 Å². The highest BCUT2D eigenvalue weighted by atomic mass is 16.6. The van der Waals surface area contributed by atoms with Gasteiger partial charge in [-0.2, -0.15) is 0 Å². The maximum atomic E-state index is 13.3. The van der Waals surface area contributed by atoms with Gasteiger partial charge in [0, 0.05) is 12.1 Å². The second-order valence-corrected chi connectivity index (χ2v) is 8.59. The van der Waals surface area contributed by atoms with Gasteiger partial charge in [-0.25, -0.2) is 0 Å². The van der Waals surface area contributed by atoms with E-state index in [1.807, 2.05) is 61.5 Å². The fourth-order valence-corrected chi connectivity index (χ4v) is 4.64. The molecule has 2 aliphatic heterocycles. The summed E-state index contributed by atoms with van der Waals surface area (Å²) in [6, 6.07) is 21.3. The number of ether oxygens (including phenoxy) is 3. The topological polar surface area (TPSA) is 85.3 Å². The summed E-state index contributed by atoms with van der Waals surface area (Å²) >= 11 is 0. The highest BCUT2D eigenvalue weighted by molar-refractivity contribution is 6.46. The Morgan fingerprint density at radius 2 is 1.75 bits per heavy atom. The summed E-state index contributed by atoms with van der Waals surface area (Å²) in [6.07, 6.45) is 0.569. The van der Waals surface area contributed by atoms with Crippen molar-refractivity contribution in [2.24, 2.45) is 0 Å². The molecule has 1 saturated heterocycles. The standard InChI is InChI=1S/C29H27NO6/c1-2-34-22-10-6-9-20(17-22)26-25(27(31)21-11-12-23-24(18-21)36-16-15-35-23)28(32)29(33)30(26)14-13-19-7-4-3-5-8-19/h3-12,17-18,26,31H,2,13-16H2,1H3/b27-25+/t26-/m0/s1. The number of hydrogen-bond donors (Lipinski definition) is 1. The van der Waals surface area contributed by atoms with E-state index < -0.39 is 17.7 Å². The average Bonchev–Trinajstić information content (AvgIpc) is 3.17. The molecule has 0 radical (unpaired) electrons. The summed E-state index contributed by atoms with van der Waals surface area (Å²) in [5.41, 5.74) is 2.16. The number of nitrogens with zero attached hydrogens (tertiary/aromatic N) is 1. The van der Waals surface area contributed by atoms with Gasteiger partial charge in [0.2, 0.25) is 0 Å². The van der Waals surface area contributed by atoms with Gasteiger partial charge in [-0.3, -0.25) is 9.59 Å². The molecule has 2 heterocycles. The van der Waals surface area contributed by atoms with Crippen molar-refractivity contribution in [1.29, 1.82) is 0 Å². The number of carbonyl (C=O) groups excluding carboxylic acids is 2. The fraction of sp³-hybridized carbons (Fsp3) is 0.241. The number of amides is 1. The predicted octanol–water partition coefficient (Wildman–Crippen LogP) is 4.52. The molecule has 0 spiro atoms. The molecule has 1 fully saturated rings. The first-order chi connectivity index (χ1) is 17.6. The van der Waals surface area contributed by atoms with Crippen LogP contribution < -0.4 is 14.2 Å². The molecule has 0 bridgehead atoms. The van der Waals surface area contributed by atoms with Crippen LogP contribution in [0.2, 0.25) is 0 Å². The van der Waals surface area contributed by atoms with Crippen LogP contribution in [0.25, 0.3) is 5.76 Å². The monoisotopic (exact) mass is 485 g/mol. The zero-order valence-electron chi connectivity index (χ0n) is 20.0. The molecule has 184 valence electrons. The molecular formula is C29H27NO6. The summed E-state index contributed by atoms with van der Waals surface area (Å²) < 4.78 is 16.9. The minimum atomic E-state index is -0.762. The van der Waals surface area contributed by atoms with Crippen molar-refractivity contribution in [2.75, 3.05) is 26.4 Å². The molecule has 3 aromatic rings. The second-order valence-electron chi connectivity index (χ2n) is 8.59. The molecule has 1 amide bonds. The van der Waals surface area contributed by atoms with Crippen LogP contribution in [0.4, 0.5) is 0 Å². The van der Waals surface area contributed by atoms with Crippen molar-refractivity contribution in [3.8, 4) is 17.2 Å². The quantitative estimate of drug-likeness (QED) is 0.301. The van der Waals surface area contributed by atoms with Crippen molar-refractivity contribution >= 4 is 17.4 Å². The maximum Gasteiger partial charge on any atom is 0.295 e. The van der Waals surface area contributed by atoms with Gasteiger partial charge < -0.3 is 24.2 Å². The summed E-state index contributed by atoms with van der Waals surface area (Å²) in [4.78, 5) is 28.1. The first-order valence-electron chi connectivity index (χ1n) is 12.0. The van der Waals surface area contributed by atoms with Gasteiger partial charge >= 0.3 is 0 Å². The van der Waals surface area contributed by atoms with Crippen molar-refractivity contribution in [2.45, 2.75) is 19.4 Å². The van der Waals surface area contributed by atoms with Gasteiger partial charge in [0.15, 0.2) is 11.5 Å². The Hall–Kier alpha value is -4.26. The molecule has 5 rings (SSSR count). The maximum absolute atomic E-state index is 13.3. The molecule has 7 nitrogen and oxygen atoms in total. The Morgan fingerprint density at radius 1 is 0.972 bits per heavy atom. The first kappa shape index (κ1) is 23.5. The van der Waals surface area contributed by atoms with E-state index in [1.54, 1.807) is 18.2 Å². The molecule has 2 aliphatic rings. The van der Waals surface area contributed by atoms with Crippen LogP contribution in [0.3, 0.4) is 0 Å². The van der Waals surface area contributed by atoms with Crippen molar-refractivity contribution in [3.63, 3.8) is 0 Å². The number of fused-ring (bicyclic) bond motifs is 1. The van der Waals surface area contributed by atoms with Crippen LogP contribution in [0, 0.1) is 0 Å². The van der Waals surface area contributed by atoms with Crippen molar-refractivity contribution in [1.82, 2.24) is 4.90 Å². The summed E-state index contributed by atoms with van der Waals surface area (Å²) in [5, 5.41) is 11.4. The average molecular weight is 486 g/mol. The van der Waals surface area contributed by atoms with E-state index >= 15 is 0 Å². The van der Waals surface area contributed by atoms with E-state index in [1.165, 1.54) is 4.90 Å². The third kappa shape index (κ3) is 4.52. The van der Waals surface area contributed by atoms with Crippen LogP contribution in [0.5, 0.6) is 17.2 Å². The minimum Gasteiger partial charge on any atom is -0.507 e. The molecule has 0 aliphatic carbocycles. The highest BCUT2D eigenvalue weighted by Crippen LogP contribution is 2.41. The molecule has 0 saturated carbocycles. The number of carbonyl (C=O) groups is 2. The predicted molar refractivity (Wildman–Crippen MR) is 134 cm³/mol. The SMILES string of the molecule is CCOc1cccc([C@H]2/C(=C(\O)c3ccc4c(c3)OCCO4)C(=O)C(=O)N2CCc2ccccc2)c1. The third-order valence-corrected chi connectivity index (χ3v) is 6.32. The lowest BCUT2D eigenvalue weighted by Crippen LogP contribution is -2.31. The molecule has 0 unspecified atom stereocenters. The van der Waals surface area contributed by atoms with Crippen molar-refractivity contribution in [3.05, 3.63) is 95.1 Å². The van der Waals surface area contributed by atoms with Crippen LogP contribution in [0.15, 0.2) is 78.4 Å². The van der Waals surface area contributed by atoms with Crippen LogP contribution >= 0.6 is 0 Å². The number of aliphatic hydroxyl groups is 1. The fourth-order valence-electron chi connectivity index (χ4n) is 4.64. The normalized spacial score (nSPS) is 18.4. The number of Topliss-reactive ketones (excluding diaryl/α,β-unsaturated/α-hetero) is 1. The van der Waals surface area contributed by atoms with E-state index in [0.29, 0.717) is 61.2 Å². The van der Waals surface area contributed by atoms with E-state index in [9.17, 15) is 14.7 Å². The Morgan fingerprint density at radius 3 is 2.53 bits per heavy atom. The van der Waals surface area contributed by atoms with E-state index in [-0.39, 0.29) is 11.3 Å². The van der Waals surface area contributed by atoms with Gasteiger partial charge in [0.25, 0.3) is 11.7 Å². The Bertz CT molecular complexity index is 1320. The lowest BCUT2D eigenvalue weighted by Gasteiger charge is -2.26. The summed E-state index contributed by atoms with van der Waals surface area (Å²) in [7, 11) is 0. The molecule has 0 aromatic heterocycles. The summed E-state index contributed by atoms with van der Waals surface area (Å²) in [5.74, 6) is 0.0713. The van der Waals surface area contributed by atoms with Crippen LogP contribution in [0.1, 0.15) is 29.7 Å². The number of aliphatic hydroxyl groups excluding tert-OH is 1. The molecule has 7 heteroatoms. The zero-order chi connectivity index (χ0) is 25.1. The zero-order valence-corrected chi connectivity index (χ0v) is 20.0. The second kappa shape index (κ2) is 10.2. The Balaban J connectivity index is 1.58. The molecule has 36 heavy (non-hydrogen) atoms. The lowest BCUT2D eigenvalue weighted by molar-refractivity contribution is -0.139. The number of likely N-dealkylation sites (tertiary alicyclic amines) is 1. The summed E-state index contributed by atoms with van der Waals surface area (Å²) in [6.45, 7) is 3.53. The third-order valence-electron chi connectivity index (χ3n) is 6.32. The highest BCUT2D eigenvalue weighted by Gasteiger charge is 2.46. The Kier molecular flexibility index (Phi) is 6.62. The number of ketones is 1. The number of benzene rings is 3. The van der Waals surface area contributed by atoms with Gasteiger partial charge in [-0.1, -0.05) is 42.5 Å². The number of rotatable bonds is 7. The van der Waals surface area contributed by atoms with Gasteiger partial charge in [-0.05, 0) is 54.8 Å². The van der Waals surface area contributed by atoms with Crippen LogP contribution in [-0.2, 0) is 16.0 Å². The molecule has 1 N–H and O–H groups in total. The van der Waals surface area contributed by atoms with Crippen LogP contribution in [-0.4, -0.2) is 48.1 Å². The first-order valence-corrected chi connectivity index (χ1v) is 12.0. The molecular weight excluding hydrogens is 458 g/mol. The van der Waals surface area contributed by atoms with Gasteiger partial charge in [0.1, 0.15) is 24.7 Å². The molecule has 3 aromatic carbocycles. The number of hydrogen-bond acceptors (Lipinski definition) is 6. The Labute approximate surface area is 209 Å². The molecule has 1 atom stereocenters. The lowest BCUT2D eigenvalue weighted by atomic mass is 9.95. The minimum absolute atomic E-state index is 0.0402. The largest absolute Gasteiger partial charge is 0.507 e.